The van der Waals surface area contributed by atoms with Gasteiger partial charge < -0.3 is 19.7 Å². The highest BCUT2D eigenvalue weighted by atomic mass is 16.3. The van der Waals surface area contributed by atoms with Gasteiger partial charge in [-0.25, -0.2) is 9.97 Å². The Hall–Kier alpha value is -4.24. The topological polar surface area (TPSA) is 116 Å². The van der Waals surface area contributed by atoms with E-state index in [-0.39, 0.29) is 6.61 Å². The molecular formula is C25H25N7O2. The molecule has 0 radical (unpaired) electrons. The zero-order valence-corrected chi connectivity index (χ0v) is 18.8. The fraction of sp³-hybridized carbons (Fsp3) is 0.200. The van der Waals surface area contributed by atoms with E-state index in [1.165, 1.54) is 6.39 Å². The van der Waals surface area contributed by atoms with Crippen LogP contribution in [0.5, 0.6) is 0 Å². The van der Waals surface area contributed by atoms with E-state index in [1.807, 2.05) is 55.6 Å². The van der Waals surface area contributed by atoms with Crippen molar-refractivity contribution in [2.45, 2.75) is 19.8 Å². The van der Waals surface area contributed by atoms with Gasteiger partial charge in [-0.3, -0.25) is 5.10 Å². The van der Waals surface area contributed by atoms with Gasteiger partial charge in [0.2, 0.25) is 5.95 Å². The molecule has 0 aliphatic heterocycles. The number of fused-ring (bicyclic) bond motifs is 1. The van der Waals surface area contributed by atoms with Crippen LogP contribution in [0.3, 0.4) is 0 Å². The Morgan fingerprint density at radius 2 is 2.00 bits per heavy atom. The van der Waals surface area contributed by atoms with E-state index >= 15 is 0 Å². The van der Waals surface area contributed by atoms with Gasteiger partial charge in [-0.2, -0.15) is 10.1 Å². The van der Waals surface area contributed by atoms with Gasteiger partial charge in [-0.05, 0) is 50.1 Å². The molecule has 9 heteroatoms. The van der Waals surface area contributed by atoms with Crippen molar-refractivity contribution in [2.24, 2.45) is 0 Å². The Morgan fingerprint density at radius 1 is 1.09 bits per heavy atom. The first-order valence-corrected chi connectivity index (χ1v) is 11.1. The van der Waals surface area contributed by atoms with Crippen LogP contribution in [0.25, 0.3) is 22.2 Å². The first-order chi connectivity index (χ1) is 16.7. The van der Waals surface area contributed by atoms with Gasteiger partial charge in [0.05, 0.1) is 23.1 Å². The van der Waals surface area contributed by atoms with Crippen molar-refractivity contribution in [3.8, 4) is 11.3 Å². The Morgan fingerprint density at radius 3 is 2.85 bits per heavy atom. The van der Waals surface area contributed by atoms with Crippen LogP contribution in [0.4, 0.5) is 23.1 Å². The summed E-state index contributed by atoms with van der Waals surface area (Å²) in [4.78, 5) is 15.5. The first-order valence-electron chi connectivity index (χ1n) is 11.1. The number of H-pyrrole nitrogens is 1. The van der Waals surface area contributed by atoms with E-state index < -0.39 is 0 Å². The van der Waals surface area contributed by atoms with Gasteiger partial charge in [0.25, 0.3) is 0 Å². The van der Waals surface area contributed by atoms with E-state index in [0.717, 1.165) is 51.5 Å². The molecule has 3 aromatic heterocycles. The Balaban J connectivity index is 1.45. The van der Waals surface area contributed by atoms with E-state index in [2.05, 4.69) is 36.4 Å². The second-order valence-electron chi connectivity index (χ2n) is 7.90. The summed E-state index contributed by atoms with van der Waals surface area (Å²) in [5, 5.41) is 20.8. The molecule has 5 rings (SSSR count). The molecule has 0 aliphatic rings. The van der Waals surface area contributed by atoms with Crippen molar-refractivity contribution in [1.82, 2.24) is 25.1 Å². The fourth-order valence-electron chi connectivity index (χ4n) is 3.93. The highest BCUT2D eigenvalue weighted by molar-refractivity contribution is 5.93. The predicted octanol–water partition coefficient (Wildman–Crippen LogP) is 4.97. The number of nitrogens with zero attached hydrogens (tertiary/aromatic N) is 5. The number of nitrogens with one attached hydrogen (secondary N) is 2. The molecule has 3 N–H and O–H groups in total. The Bertz CT molecular complexity index is 1390. The first kappa shape index (κ1) is 21.6. The van der Waals surface area contributed by atoms with Gasteiger partial charge in [-0.1, -0.05) is 18.2 Å². The average Bonchev–Trinajstić information content (AvgIpc) is 3.51. The Kier molecular flexibility index (Phi) is 6.17. The lowest BCUT2D eigenvalue weighted by atomic mass is 10.1. The van der Waals surface area contributed by atoms with Crippen LogP contribution in [-0.2, 0) is 0 Å². The van der Waals surface area contributed by atoms with Crippen molar-refractivity contribution in [1.29, 1.82) is 0 Å². The number of aromatic amines is 1. The van der Waals surface area contributed by atoms with Crippen molar-refractivity contribution < 1.29 is 9.52 Å². The summed E-state index contributed by atoms with van der Waals surface area (Å²) in [5.74, 6) is 1.98. The van der Waals surface area contributed by atoms with E-state index in [4.69, 9.17) is 9.40 Å². The molecule has 34 heavy (non-hydrogen) atoms. The number of anilines is 4. The van der Waals surface area contributed by atoms with Gasteiger partial charge >= 0.3 is 0 Å². The molecule has 0 amide bonds. The molecular weight excluding hydrogens is 430 g/mol. The second-order valence-corrected chi connectivity index (χ2v) is 7.90. The summed E-state index contributed by atoms with van der Waals surface area (Å²) in [6.07, 6.45) is 6.53. The lowest BCUT2D eigenvalue weighted by Gasteiger charge is -2.25. The molecule has 0 bridgehead atoms. The zero-order chi connectivity index (χ0) is 23.3. The van der Waals surface area contributed by atoms with Crippen LogP contribution in [0.15, 0.2) is 71.7 Å². The van der Waals surface area contributed by atoms with Crippen molar-refractivity contribution in [3.63, 3.8) is 0 Å². The summed E-state index contributed by atoms with van der Waals surface area (Å²) in [6.45, 7) is 2.76. The number of aliphatic hydroxyl groups excluding tert-OH is 1. The van der Waals surface area contributed by atoms with Crippen LogP contribution < -0.4 is 10.2 Å². The maximum Gasteiger partial charge on any atom is 0.229 e. The molecule has 172 valence electrons. The molecule has 0 spiro atoms. The minimum atomic E-state index is 0.154. The summed E-state index contributed by atoms with van der Waals surface area (Å²) in [6, 6.07) is 15.8. The summed E-state index contributed by atoms with van der Waals surface area (Å²) in [7, 11) is 0. The van der Waals surface area contributed by atoms with E-state index in [1.54, 1.807) is 6.20 Å². The molecule has 5 aromatic rings. The number of aliphatic hydroxyl groups is 1. The highest BCUT2D eigenvalue weighted by Gasteiger charge is 2.16. The van der Waals surface area contributed by atoms with Crippen LogP contribution in [0.2, 0.25) is 0 Å². The molecule has 0 saturated heterocycles. The third kappa shape index (κ3) is 4.46. The van der Waals surface area contributed by atoms with Crippen LogP contribution in [0.1, 0.15) is 18.5 Å². The van der Waals surface area contributed by atoms with Gasteiger partial charge in [-0.15, -0.1) is 0 Å². The number of hydrogen-bond donors (Lipinski definition) is 3. The number of benzene rings is 2. The Labute approximate surface area is 196 Å². The maximum atomic E-state index is 9.30. The van der Waals surface area contributed by atoms with Gasteiger partial charge in [0.15, 0.2) is 12.2 Å². The summed E-state index contributed by atoms with van der Waals surface area (Å²) in [5.41, 5.74) is 4.55. The lowest BCUT2D eigenvalue weighted by Crippen LogP contribution is -2.20. The number of rotatable bonds is 9. The number of aromatic nitrogens is 5. The van der Waals surface area contributed by atoms with Crippen molar-refractivity contribution in [2.75, 3.05) is 23.4 Å². The molecule has 0 fully saturated rings. The van der Waals surface area contributed by atoms with Crippen LogP contribution in [0, 0.1) is 6.92 Å². The average molecular weight is 456 g/mol. The van der Waals surface area contributed by atoms with Crippen LogP contribution >= 0.6 is 0 Å². The molecule has 0 saturated carbocycles. The molecule has 2 aromatic carbocycles. The van der Waals surface area contributed by atoms with Crippen molar-refractivity contribution >= 4 is 34.0 Å². The van der Waals surface area contributed by atoms with E-state index in [9.17, 15) is 5.11 Å². The third-order valence-corrected chi connectivity index (χ3v) is 5.59. The molecule has 0 atom stereocenters. The quantitative estimate of drug-likeness (QED) is 0.267. The second kappa shape index (κ2) is 9.72. The summed E-state index contributed by atoms with van der Waals surface area (Å²) < 4.78 is 5.53. The molecule has 9 nitrogen and oxygen atoms in total. The minimum Gasteiger partial charge on any atom is -0.443 e. The van der Waals surface area contributed by atoms with Crippen LogP contribution in [-0.4, -0.2) is 43.4 Å². The normalized spacial score (nSPS) is 11.1. The third-order valence-electron chi connectivity index (χ3n) is 5.59. The smallest absolute Gasteiger partial charge is 0.229 e. The molecule has 0 unspecified atom stereocenters. The molecule has 3 heterocycles. The maximum absolute atomic E-state index is 9.30. The monoisotopic (exact) mass is 455 g/mol. The number of aryl methyl sites for hydroxylation is 1. The largest absolute Gasteiger partial charge is 0.443 e. The highest BCUT2D eigenvalue weighted by Crippen LogP contribution is 2.32. The van der Waals surface area contributed by atoms with Gasteiger partial charge in [0, 0.05) is 36.0 Å². The van der Waals surface area contributed by atoms with Gasteiger partial charge in [0.1, 0.15) is 5.82 Å². The SMILES string of the molecule is Cc1ncoc1-c1cccc(Nc2nccc(N(CCCCO)c3cccc4[nH]ncc34)n2)c1. The number of oxazole rings is 1. The molecule has 0 aliphatic carbocycles. The number of hydrogen-bond acceptors (Lipinski definition) is 8. The minimum absolute atomic E-state index is 0.154. The fourth-order valence-corrected chi connectivity index (χ4v) is 3.93. The predicted molar refractivity (Wildman–Crippen MR) is 131 cm³/mol. The van der Waals surface area contributed by atoms with Crippen molar-refractivity contribution in [3.05, 3.63) is 73.0 Å². The van der Waals surface area contributed by atoms with E-state index in [0.29, 0.717) is 18.9 Å². The number of unbranched alkanes of at least 4 members (excludes halogenated alkanes) is 1. The standard InChI is InChI=1S/C25H25N7O2/c1-17-24(34-16-27-17)18-6-4-7-19(14-18)29-25-26-11-10-23(30-25)32(12-2-3-13-33)22-9-5-8-21-20(22)15-28-31-21/h4-11,14-16,33H,2-3,12-13H2,1H3,(H,28,31)(H,26,29,30). The zero-order valence-electron chi connectivity index (χ0n) is 18.8. The lowest BCUT2D eigenvalue weighted by molar-refractivity contribution is 0.285. The summed E-state index contributed by atoms with van der Waals surface area (Å²) >= 11 is 0.